The average molecular weight is 307 g/mol. The molecule has 0 aromatic heterocycles. The standard InChI is InChI=1S/C14H17N3O5/c1-2-16-6-7-22-14(19)12(16)9-13(18)15-10-4-3-5-11(8-10)17(20)21/h3-5,8,12H,2,6-7,9H2,1H3,(H,15,18)/t12-/m1/s1. The maximum Gasteiger partial charge on any atom is 0.323 e. The van der Waals surface area contributed by atoms with Gasteiger partial charge in [0.15, 0.2) is 0 Å². The molecule has 1 fully saturated rings. The number of nitrogens with one attached hydrogen (secondary N) is 1. The van der Waals surface area contributed by atoms with E-state index in [9.17, 15) is 19.7 Å². The molecule has 0 aliphatic carbocycles. The first-order valence-electron chi connectivity index (χ1n) is 6.96. The molecule has 1 aromatic carbocycles. The van der Waals surface area contributed by atoms with E-state index in [-0.39, 0.29) is 18.0 Å². The van der Waals surface area contributed by atoms with Gasteiger partial charge in [0, 0.05) is 24.4 Å². The summed E-state index contributed by atoms with van der Waals surface area (Å²) >= 11 is 0. The number of nitro groups is 1. The van der Waals surface area contributed by atoms with Gasteiger partial charge in [-0.15, -0.1) is 0 Å². The van der Waals surface area contributed by atoms with Crippen molar-refractivity contribution in [1.82, 2.24) is 4.90 Å². The summed E-state index contributed by atoms with van der Waals surface area (Å²) in [4.78, 5) is 35.9. The number of cyclic esters (lactones) is 1. The lowest BCUT2D eigenvalue weighted by molar-refractivity contribution is -0.384. The number of non-ortho nitro benzene ring substituents is 1. The molecule has 0 spiro atoms. The number of rotatable bonds is 5. The normalized spacial score (nSPS) is 18.6. The van der Waals surface area contributed by atoms with Crippen LogP contribution >= 0.6 is 0 Å². The van der Waals surface area contributed by atoms with Gasteiger partial charge >= 0.3 is 5.97 Å². The van der Waals surface area contributed by atoms with Gasteiger partial charge in [-0.3, -0.25) is 24.6 Å². The van der Waals surface area contributed by atoms with Gasteiger partial charge in [0.1, 0.15) is 12.6 Å². The summed E-state index contributed by atoms with van der Waals surface area (Å²) in [6, 6.07) is 5.04. The highest BCUT2D eigenvalue weighted by molar-refractivity contribution is 5.94. The third kappa shape index (κ3) is 3.79. The number of anilines is 1. The van der Waals surface area contributed by atoms with Gasteiger partial charge in [0.2, 0.25) is 5.91 Å². The lowest BCUT2D eigenvalue weighted by Gasteiger charge is -2.32. The molecule has 1 atom stereocenters. The monoisotopic (exact) mass is 307 g/mol. The molecule has 1 aliphatic rings. The summed E-state index contributed by atoms with van der Waals surface area (Å²) in [7, 11) is 0. The Bertz CT molecular complexity index is 590. The molecule has 1 aliphatic heterocycles. The number of ether oxygens (including phenoxy) is 1. The summed E-state index contributed by atoms with van der Waals surface area (Å²) in [6.45, 7) is 3.47. The number of benzene rings is 1. The summed E-state index contributed by atoms with van der Waals surface area (Å²) in [5.41, 5.74) is 0.219. The molecule has 0 saturated carbocycles. The molecule has 0 bridgehead atoms. The van der Waals surface area contributed by atoms with E-state index in [0.29, 0.717) is 25.4 Å². The zero-order chi connectivity index (χ0) is 16.1. The summed E-state index contributed by atoms with van der Waals surface area (Å²) in [5.74, 6) is -0.801. The van der Waals surface area contributed by atoms with Crippen LogP contribution in [-0.4, -0.2) is 47.4 Å². The third-order valence-corrected chi connectivity index (χ3v) is 3.46. The van der Waals surface area contributed by atoms with Crippen LogP contribution < -0.4 is 5.32 Å². The van der Waals surface area contributed by atoms with E-state index in [1.54, 1.807) is 6.07 Å². The quantitative estimate of drug-likeness (QED) is 0.498. The smallest absolute Gasteiger partial charge is 0.323 e. The van der Waals surface area contributed by atoms with Gasteiger partial charge in [-0.2, -0.15) is 0 Å². The van der Waals surface area contributed by atoms with Crippen LogP contribution in [0.4, 0.5) is 11.4 Å². The van der Waals surface area contributed by atoms with E-state index in [1.165, 1.54) is 18.2 Å². The number of nitrogens with zero attached hydrogens (tertiary/aromatic N) is 2. The molecule has 1 heterocycles. The molecule has 1 amide bonds. The van der Waals surface area contributed by atoms with Crippen LogP contribution in [0.2, 0.25) is 0 Å². The van der Waals surface area contributed by atoms with Gasteiger partial charge < -0.3 is 10.1 Å². The van der Waals surface area contributed by atoms with Crippen LogP contribution in [0.1, 0.15) is 13.3 Å². The van der Waals surface area contributed by atoms with E-state index in [4.69, 9.17) is 4.74 Å². The molecule has 1 N–H and O–H groups in total. The SMILES string of the molecule is CCN1CCOC(=O)[C@H]1CC(=O)Nc1cccc([N+](=O)[O-])c1. The molecule has 1 saturated heterocycles. The zero-order valence-corrected chi connectivity index (χ0v) is 12.2. The molecular weight excluding hydrogens is 290 g/mol. The molecule has 22 heavy (non-hydrogen) atoms. The first-order chi connectivity index (χ1) is 10.5. The Kier molecular flexibility index (Phi) is 5.05. The number of morpholine rings is 1. The van der Waals surface area contributed by atoms with Gasteiger partial charge in [-0.1, -0.05) is 13.0 Å². The topological polar surface area (TPSA) is 102 Å². The van der Waals surface area contributed by atoms with E-state index < -0.39 is 16.9 Å². The number of hydrogen-bond donors (Lipinski definition) is 1. The van der Waals surface area contributed by atoms with Crippen molar-refractivity contribution >= 4 is 23.3 Å². The Balaban J connectivity index is 2.01. The van der Waals surface area contributed by atoms with E-state index in [0.717, 1.165) is 0 Å². The molecular formula is C14H17N3O5. The van der Waals surface area contributed by atoms with Gasteiger partial charge in [0.05, 0.1) is 11.3 Å². The molecule has 1 aromatic rings. The second kappa shape index (κ2) is 6.99. The minimum Gasteiger partial charge on any atom is -0.463 e. The summed E-state index contributed by atoms with van der Waals surface area (Å²) < 4.78 is 4.97. The number of carbonyl (C=O) groups is 2. The zero-order valence-electron chi connectivity index (χ0n) is 12.2. The largest absolute Gasteiger partial charge is 0.463 e. The second-order valence-corrected chi connectivity index (χ2v) is 4.87. The van der Waals surface area contributed by atoms with Crippen molar-refractivity contribution in [2.75, 3.05) is 25.0 Å². The Morgan fingerprint density at radius 1 is 1.55 bits per heavy atom. The first kappa shape index (κ1) is 15.9. The molecule has 118 valence electrons. The fraction of sp³-hybridized carbons (Fsp3) is 0.429. The van der Waals surface area contributed by atoms with Gasteiger partial charge in [-0.05, 0) is 12.6 Å². The van der Waals surface area contributed by atoms with Crippen molar-refractivity contribution in [1.29, 1.82) is 0 Å². The van der Waals surface area contributed by atoms with E-state index >= 15 is 0 Å². The lowest BCUT2D eigenvalue weighted by Crippen LogP contribution is -2.50. The Morgan fingerprint density at radius 2 is 2.32 bits per heavy atom. The number of amides is 1. The highest BCUT2D eigenvalue weighted by Crippen LogP contribution is 2.18. The predicted octanol–water partition coefficient (Wildman–Crippen LogP) is 1.17. The van der Waals surface area contributed by atoms with E-state index in [2.05, 4.69) is 5.32 Å². The van der Waals surface area contributed by atoms with Crippen LogP contribution in [-0.2, 0) is 14.3 Å². The van der Waals surface area contributed by atoms with Crippen LogP contribution in [0.15, 0.2) is 24.3 Å². The summed E-state index contributed by atoms with van der Waals surface area (Å²) in [6.07, 6.45) is -0.0463. The van der Waals surface area contributed by atoms with Crippen LogP contribution in [0.3, 0.4) is 0 Å². The predicted molar refractivity (Wildman–Crippen MR) is 78.3 cm³/mol. The molecule has 0 radical (unpaired) electrons. The number of hydrogen-bond acceptors (Lipinski definition) is 6. The van der Waals surface area contributed by atoms with E-state index in [1.807, 2.05) is 11.8 Å². The fourth-order valence-electron chi connectivity index (χ4n) is 2.34. The van der Waals surface area contributed by atoms with Crippen LogP contribution in [0.5, 0.6) is 0 Å². The molecule has 8 nitrogen and oxygen atoms in total. The first-order valence-corrected chi connectivity index (χ1v) is 6.96. The van der Waals surface area contributed by atoms with Crippen molar-refractivity contribution in [3.8, 4) is 0 Å². The number of nitro benzene ring substituents is 1. The van der Waals surface area contributed by atoms with Gasteiger partial charge in [-0.25, -0.2) is 0 Å². The second-order valence-electron chi connectivity index (χ2n) is 4.87. The van der Waals surface area contributed by atoms with Crippen molar-refractivity contribution in [2.24, 2.45) is 0 Å². The number of likely N-dealkylation sites (N-methyl/N-ethyl adjacent to an activating group) is 1. The number of carbonyl (C=O) groups excluding carboxylic acids is 2. The Labute approximate surface area is 127 Å². The lowest BCUT2D eigenvalue weighted by atomic mass is 10.1. The maximum absolute atomic E-state index is 12.1. The highest BCUT2D eigenvalue weighted by Gasteiger charge is 2.32. The molecule has 8 heteroatoms. The maximum atomic E-state index is 12.1. The summed E-state index contributed by atoms with van der Waals surface area (Å²) in [5, 5.41) is 13.3. The third-order valence-electron chi connectivity index (χ3n) is 3.46. The van der Waals surface area contributed by atoms with Crippen molar-refractivity contribution < 1.29 is 19.2 Å². The minimum absolute atomic E-state index is 0.0463. The Morgan fingerprint density at radius 3 is 3.00 bits per heavy atom. The molecule has 2 rings (SSSR count). The van der Waals surface area contributed by atoms with Crippen LogP contribution in [0.25, 0.3) is 0 Å². The average Bonchev–Trinajstić information content (AvgIpc) is 2.49. The van der Waals surface area contributed by atoms with Crippen molar-refractivity contribution in [2.45, 2.75) is 19.4 Å². The highest BCUT2D eigenvalue weighted by atomic mass is 16.6. The minimum atomic E-state index is -0.613. The van der Waals surface area contributed by atoms with Crippen LogP contribution in [0, 0.1) is 10.1 Å². The van der Waals surface area contributed by atoms with Crippen molar-refractivity contribution in [3.05, 3.63) is 34.4 Å². The fourth-order valence-corrected chi connectivity index (χ4v) is 2.34. The van der Waals surface area contributed by atoms with Crippen molar-refractivity contribution in [3.63, 3.8) is 0 Å². The molecule has 0 unspecified atom stereocenters. The Hall–Kier alpha value is -2.48. The van der Waals surface area contributed by atoms with Gasteiger partial charge in [0.25, 0.3) is 5.69 Å². The number of esters is 1.